The van der Waals surface area contributed by atoms with Crippen molar-refractivity contribution in [3.05, 3.63) is 71.5 Å². The van der Waals surface area contributed by atoms with E-state index in [-0.39, 0.29) is 6.42 Å². The van der Waals surface area contributed by atoms with Gasteiger partial charge in [-0.3, -0.25) is 9.59 Å². The summed E-state index contributed by atoms with van der Waals surface area (Å²) in [5, 5.41) is 12.4. The molecular formula is C17H17FN2O3. The lowest BCUT2D eigenvalue weighted by Crippen LogP contribution is -2.47. The Bertz CT molecular complexity index is 691. The first kappa shape index (κ1) is 16.6. The molecule has 2 aromatic rings. The van der Waals surface area contributed by atoms with E-state index in [1.807, 2.05) is 0 Å². The van der Waals surface area contributed by atoms with E-state index in [2.05, 4.69) is 5.32 Å². The van der Waals surface area contributed by atoms with Crippen LogP contribution in [0.15, 0.2) is 54.6 Å². The number of nitrogens with two attached hydrogens (primary N) is 1. The molecule has 0 aliphatic rings. The minimum absolute atomic E-state index is 0.0420. The molecule has 4 N–H and O–H groups in total. The van der Waals surface area contributed by atoms with Crippen molar-refractivity contribution in [2.45, 2.75) is 18.6 Å². The molecule has 0 fully saturated rings. The van der Waals surface area contributed by atoms with Gasteiger partial charge in [-0.1, -0.05) is 42.5 Å². The number of nitrogens with one attached hydrogen (secondary N) is 1. The van der Waals surface area contributed by atoms with Gasteiger partial charge in [0.25, 0.3) is 5.91 Å². The van der Waals surface area contributed by atoms with Crippen LogP contribution in [0.1, 0.15) is 17.2 Å². The standard InChI is InChI=1S/C17H17FN2O3/c18-13-8-4-5-11(9-13)10-14(16(19)22)20-17(23)15(21)12-6-2-1-3-7-12/h1-9,14-15,21H,10H2,(H2,19,22)(H,20,23)/t14-,15-/m0/s1. The second kappa shape index (κ2) is 7.51. The number of amides is 2. The van der Waals surface area contributed by atoms with Crippen molar-refractivity contribution < 1.29 is 19.1 Å². The number of aliphatic hydroxyl groups excluding tert-OH is 1. The van der Waals surface area contributed by atoms with Gasteiger partial charge in [0.1, 0.15) is 11.9 Å². The van der Waals surface area contributed by atoms with E-state index in [4.69, 9.17) is 5.73 Å². The third-order valence-electron chi connectivity index (χ3n) is 3.35. The largest absolute Gasteiger partial charge is 0.378 e. The Hall–Kier alpha value is -2.73. The maximum Gasteiger partial charge on any atom is 0.254 e. The zero-order valence-corrected chi connectivity index (χ0v) is 12.3. The number of carbonyl (C=O) groups is 2. The Labute approximate surface area is 132 Å². The van der Waals surface area contributed by atoms with Crippen LogP contribution in [0.4, 0.5) is 4.39 Å². The summed E-state index contributed by atoms with van der Waals surface area (Å²) in [5.74, 6) is -1.94. The number of halogens is 1. The van der Waals surface area contributed by atoms with Crippen LogP contribution in [0.25, 0.3) is 0 Å². The minimum Gasteiger partial charge on any atom is -0.378 e. The van der Waals surface area contributed by atoms with Gasteiger partial charge in [0.15, 0.2) is 6.10 Å². The molecule has 0 aromatic heterocycles. The van der Waals surface area contributed by atoms with Crippen LogP contribution >= 0.6 is 0 Å². The van der Waals surface area contributed by atoms with Gasteiger partial charge < -0.3 is 16.2 Å². The number of aliphatic hydroxyl groups is 1. The fourth-order valence-electron chi connectivity index (χ4n) is 2.16. The molecule has 2 aromatic carbocycles. The highest BCUT2D eigenvalue weighted by molar-refractivity contribution is 5.89. The lowest BCUT2D eigenvalue weighted by Gasteiger charge is -2.18. The van der Waals surface area contributed by atoms with Crippen LogP contribution in [0.3, 0.4) is 0 Å². The molecule has 0 saturated carbocycles. The maximum atomic E-state index is 13.2. The van der Waals surface area contributed by atoms with Crippen molar-refractivity contribution in [1.29, 1.82) is 0 Å². The molecule has 6 heteroatoms. The van der Waals surface area contributed by atoms with Crippen molar-refractivity contribution in [2.75, 3.05) is 0 Å². The Morgan fingerprint density at radius 2 is 1.83 bits per heavy atom. The average Bonchev–Trinajstić information content (AvgIpc) is 2.54. The predicted octanol–water partition coefficient (Wildman–Crippen LogP) is 1.07. The number of carbonyl (C=O) groups excluding carboxylic acids is 2. The zero-order valence-electron chi connectivity index (χ0n) is 12.3. The normalized spacial score (nSPS) is 13.1. The SMILES string of the molecule is NC(=O)[C@H](Cc1cccc(F)c1)NC(=O)[C@@H](O)c1ccccc1. The summed E-state index contributed by atoms with van der Waals surface area (Å²) in [5.41, 5.74) is 6.20. The Morgan fingerprint density at radius 3 is 2.43 bits per heavy atom. The number of hydrogen-bond donors (Lipinski definition) is 3. The van der Waals surface area contributed by atoms with Crippen LogP contribution in [-0.2, 0) is 16.0 Å². The molecule has 5 nitrogen and oxygen atoms in total. The second-order valence-corrected chi connectivity index (χ2v) is 5.11. The third-order valence-corrected chi connectivity index (χ3v) is 3.35. The summed E-state index contributed by atoms with van der Waals surface area (Å²) in [6, 6.07) is 12.9. The van der Waals surface area contributed by atoms with Gasteiger partial charge in [-0.2, -0.15) is 0 Å². The molecule has 0 bridgehead atoms. The van der Waals surface area contributed by atoms with Crippen molar-refractivity contribution in [1.82, 2.24) is 5.32 Å². The van der Waals surface area contributed by atoms with Gasteiger partial charge in [0.2, 0.25) is 5.91 Å². The van der Waals surface area contributed by atoms with Crippen LogP contribution in [0.2, 0.25) is 0 Å². The van der Waals surface area contributed by atoms with Crippen LogP contribution < -0.4 is 11.1 Å². The first-order valence-corrected chi connectivity index (χ1v) is 7.04. The molecular weight excluding hydrogens is 299 g/mol. The molecule has 23 heavy (non-hydrogen) atoms. The Balaban J connectivity index is 2.07. The molecule has 2 atom stereocenters. The number of rotatable bonds is 6. The highest BCUT2D eigenvalue weighted by Gasteiger charge is 2.24. The summed E-state index contributed by atoms with van der Waals surface area (Å²) in [6.07, 6.45) is -1.37. The number of hydrogen-bond acceptors (Lipinski definition) is 3. The second-order valence-electron chi connectivity index (χ2n) is 5.11. The van der Waals surface area contributed by atoms with E-state index in [0.717, 1.165) is 0 Å². The van der Waals surface area contributed by atoms with Gasteiger partial charge in [-0.05, 0) is 23.3 Å². The fourth-order valence-corrected chi connectivity index (χ4v) is 2.16. The molecule has 0 spiro atoms. The zero-order chi connectivity index (χ0) is 16.8. The highest BCUT2D eigenvalue weighted by Crippen LogP contribution is 2.13. The Morgan fingerprint density at radius 1 is 1.13 bits per heavy atom. The maximum absolute atomic E-state index is 13.2. The van der Waals surface area contributed by atoms with Gasteiger partial charge in [0.05, 0.1) is 0 Å². The van der Waals surface area contributed by atoms with E-state index in [9.17, 15) is 19.1 Å². The summed E-state index contributed by atoms with van der Waals surface area (Å²) >= 11 is 0. The van der Waals surface area contributed by atoms with E-state index >= 15 is 0 Å². The summed E-state index contributed by atoms with van der Waals surface area (Å²) < 4.78 is 13.2. The molecule has 2 rings (SSSR count). The third kappa shape index (κ3) is 4.62. The number of primary amides is 1. The van der Waals surface area contributed by atoms with E-state index in [0.29, 0.717) is 11.1 Å². The quantitative estimate of drug-likeness (QED) is 0.744. The van der Waals surface area contributed by atoms with Gasteiger partial charge in [-0.15, -0.1) is 0 Å². The van der Waals surface area contributed by atoms with Gasteiger partial charge in [0, 0.05) is 6.42 Å². The van der Waals surface area contributed by atoms with Crippen molar-refractivity contribution in [3.8, 4) is 0 Å². The molecule has 0 heterocycles. The predicted molar refractivity (Wildman–Crippen MR) is 82.6 cm³/mol. The average molecular weight is 316 g/mol. The van der Waals surface area contributed by atoms with Crippen molar-refractivity contribution >= 4 is 11.8 Å². The molecule has 0 radical (unpaired) electrons. The van der Waals surface area contributed by atoms with Gasteiger partial charge in [-0.25, -0.2) is 4.39 Å². The summed E-state index contributed by atoms with van der Waals surface area (Å²) in [6.45, 7) is 0. The minimum atomic E-state index is -1.41. The van der Waals surface area contributed by atoms with Crippen molar-refractivity contribution in [2.24, 2.45) is 5.73 Å². The molecule has 0 unspecified atom stereocenters. The highest BCUT2D eigenvalue weighted by atomic mass is 19.1. The van der Waals surface area contributed by atoms with Crippen LogP contribution in [0.5, 0.6) is 0 Å². The molecule has 0 aliphatic heterocycles. The van der Waals surface area contributed by atoms with Crippen LogP contribution in [0, 0.1) is 5.82 Å². The lowest BCUT2D eigenvalue weighted by atomic mass is 10.0. The lowest BCUT2D eigenvalue weighted by molar-refractivity contribution is -0.133. The van der Waals surface area contributed by atoms with E-state index in [1.165, 1.54) is 18.2 Å². The van der Waals surface area contributed by atoms with E-state index in [1.54, 1.807) is 36.4 Å². The summed E-state index contributed by atoms with van der Waals surface area (Å²) in [4.78, 5) is 23.6. The van der Waals surface area contributed by atoms with E-state index < -0.39 is 29.8 Å². The smallest absolute Gasteiger partial charge is 0.254 e. The topological polar surface area (TPSA) is 92.4 Å². The molecule has 120 valence electrons. The molecule has 2 amide bonds. The first-order valence-electron chi connectivity index (χ1n) is 7.04. The van der Waals surface area contributed by atoms with Gasteiger partial charge >= 0.3 is 0 Å². The molecule has 0 aliphatic carbocycles. The fraction of sp³-hybridized carbons (Fsp3) is 0.176. The molecule has 0 saturated heterocycles. The summed E-state index contributed by atoms with van der Waals surface area (Å²) in [7, 11) is 0. The Kier molecular flexibility index (Phi) is 5.43. The monoisotopic (exact) mass is 316 g/mol. The number of benzene rings is 2. The van der Waals surface area contributed by atoms with Crippen molar-refractivity contribution in [3.63, 3.8) is 0 Å². The first-order chi connectivity index (χ1) is 11.0. The van der Waals surface area contributed by atoms with Crippen LogP contribution in [-0.4, -0.2) is 23.0 Å².